The fourth-order valence-electron chi connectivity index (χ4n) is 4.18. The molecule has 2 aliphatic heterocycles. The molecular formula is C24H26FN3O5. The molecule has 2 heterocycles. The number of aliphatic hydroxyl groups excluding tert-OH is 1. The molecule has 0 saturated carbocycles. The zero-order valence-corrected chi connectivity index (χ0v) is 18.6. The second-order valence-corrected chi connectivity index (χ2v) is 7.80. The molecule has 9 heteroatoms. The summed E-state index contributed by atoms with van der Waals surface area (Å²) in [5, 5.41) is 9.21. The summed E-state index contributed by atoms with van der Waals surface area (Å²) in [6.45, 7) is 2.96. The van der Waals surface area contributed by atoms with E-state index in [9.17, 15) is 19.1 Å². The van der Waals surface area contributed by atoms with Gasteiger partial charge < -0.3 is 19.5 Å². The minimum absolute atomic E-state index is 0.0619. The number of carbonyl (C=O) groups is 2. The minimum Gasteiger partial charge on any atom is -0.497 e. The first-order chi connectivity index (χ1) is 16.0. The van der Waals surface area contributed by atoms with Gasteiger partial charge in [-0.25, -0.2) is 9.29 Å². The molecule has 1 saturated heterocycles. The maximum absolute atomic E-state index is 13.7. The molecule has 0 spiro atoms. The number of anilines is 1. The molecule has 8 nitrogen and oxygen atoms in total. The van der Waals surface area contributed by atoms with Crippen LogP contribution in [0.2, 0.25) is 0 Å². The number of halogens is 1. The summed E-state index contributed by atoms with van der Waals surface area (Å²) in [7, 11) is 2.98. The smallest absolute Gasteiger partial charge is 0.282 e. The summed E-state index contributed by atoms with van der Waals surface area (Å²) in [4.78, 5) is 32.4. The van der Waals surface area contributed by atoms with Crippen molar-refractivity contribution in [3.8, 4) is 11.5 Å². The van der Waals surface area contributed by atoms with Crippen molar-refractivity contribution in [2.24, 2.45) is 0 Å². The van der Waals surface area contributed by atoms with Gasteiger partial charge in [0.1, 0.15) is 23.0 Å². The molecule has 1 fully saturated rings. The highest BCUT2D eigenvalue weighted by Gasteiger charge is 2.43. The van der Waals surface area contributed by atoms with Crippen LogP contribution in [-0.2, 0) is 9.59 Å². The van der Waals surface area contributed by atoms with Crippen molar-refractivity contribution in [1.82, 2.24) is 9.80 Å². The van der Waals surface area contributed by atoms with Gasteiger partial charge >= 0.3 is 0 Å². The van der Waals surface area contributed by atoms with Gasteiger partial charge in [-0.1, -0.05) is 12.1 Å². The molecule has 33 heavy (non-hydrogen) atoms. The third kappa shape index (κ3) is 4.42. The standard InChI is InChI=1S/C24H26FN3O5/c1-32-19-13-18(14-20(15-19)33-2)28-23(30)21(16-3-5-17(25)6-4-16)22(24(28)31)27-9-7-26(8-10-27)11-12-29/h3-6,13-15,29H,7-12H2,1-2H3. The fourth-order valence-corrected chi connectivity index (χ4v) is 4.18. The lowest BCUT2D eigenvalue weighted by molar-refractivity contribution is -0.120. The van der Waals surface area contributed by atoms with E-state index in [1.807, 2.05) is 4.90 Å². The van der Waals surface area contributed by atoms with E-state index in [1.54, 1.807) is 18.2 Å². The van der Waals surface area contributed by atoms with E-state index in [1.165, 1.54) is 38.5 Å². The van der Waals surface area contributed by atoms with Gasteiger partial charge in [0.2, 0.25) is 0 Å². The van der Waals surface area contributed by atoms with Crippen LogP contribution in [0.1, 0.15) is 5.56 Å². The number of β-amino-alcohol motifs (C(OH)–C–C–N with tert-alkyl or cyclic N) is 1. The Balaban J connectivity index is 1.76. The second-order valence-electron chi connectivity index (χ2n) is 7.80. The number of hydrogen-bond donors (Lipinski definition) is 1. The molecule has 2 aromatic rings. The van der Waals surface area contributed by atoms with Crippen LogP contribution >= 0.6 is 0 Å². The van der Waals surface area contributed by atoms with Crippen molar-refractivity contribution >= 4 is 23.1 Å². The average Bonchev–Trinajstić information content (AvgIpc) is 3.09. The lowest BCUT2D eigenvalue weighted by atomic mass is 10.0. The molecule has 0 radical (unpaired) electrons. The highest BCUT2D eigenvalue weighted by molar-refractivity contribution is 6.45. The molecule has 0 aliphatic carbocycles. The van der Waals surface area contributed by atoms with Gasteiger partial charge in [-0.05, 0) is 17.7 Å². The average molecular weight is 455 g/mol. The monoisotopic (exact) mass is 455 g/mol. The number of amides is 2. The van der Waals surface area contributed by atoms with Gasteiger partial charge in [0.25, 0.3) is 11.8 Å². The quantitative estimate of drug-likeness (QED) is 0.637. The number of nitrogens with zero attached hydrogens (tertiary/aromatic N) is 3. The van der Waals surface area contributed by atoms with Crippen molar-refractivity contribution < 1.29 is 28.6 Å². The summed E-state index contributed by atoms with van der Waals surface area (Å²) >= 11 is 0. The largest absolute Gasteiger partial charge is 0.497 e. The van der Waals surface area contributed by atoms with Gasteiger partial charge in [0.15, 0.2) is 0 Å². The Morgan fingerprint density at radius 1 is 0.909 bits per heavy atom. The Labute approximate surface area is 191 Å². The molecule has 0 atom stereocenters. The van der Waals surface area contributed by atoms with Gasteiger partial charge in [-0.3, -0.25) is 14.5 Å². The van der Waals surface area contributed by atoms with E-state index >= 15 is 0 Å². The van der Waals surface area contributed by atoms with Crippen LogP contribution in [0.5, 0.6) is 11.5 Å². The molecule has 0 unspecified atom stereocenters. The topological polar surface area (TPSA) is 82.6 Å². The first-order valence-electron chi connectivity index (χ1n) is 10.7. The Morgan fingerprint density at radius 2 is 1.52 bits per heavy atom. The van der Waals surface area contributed by atoms with Crippen LogP contribution in [-0.4, -0.2) is 80.3 Å². The van der Waals surface area contributed by atoms with Crippen molar-refractivity contribution in [3.05, 3.63) is 59.5 Å². The lowest BCUT2D eigenvalue weighted by Gasteiger charge is -2.36. The molecule has 0 aromatic heterocycles. The van der Waals surface area contributed by atoms with Crippen LogP contribution in [0.15, 0.2) is 48.2 Å². The number of ether oxygens (including phenoxy) is 2. The van der Waals surface area contributed by atoms with Crippen LogP contribution in [0.4, 0.5) is 10.1 Å². The first-order valence-corrected chi connectivity index (χ1v) is 10.7. The maximum Gasteiger partial charge on any atom is 0.282 e. The van der Waals surface area contributed by atoms with E-state index in [0.717, 1.165) is 4.90 Å². The molecule has 2 amide bonds. The molecule has 0 bridgehead atoms. The number of benzene rings is 2. The van der Waals surface area contributed by atoms with Crippen molar-refractivity contribution in [3.63, 3.8) is 0 Å². The number of carbonyl (C=O) groups excluding carboxylic acids is 2. The van der Waals surface area contributed by atoms with Crippen LogP contribution in [0.25, 0.3) is 5.57 Å². The van der Waals surface area contributed by atoms with E-state index in [2.05, 4.69) is 4.90 Å². The second kappa shape index (κ2) is 9.60. The van der Waals surface area contributed by atoms with Crippen molar-refractivity contribution in [2.45, 2.75) is 0 Å². The van der Waals surface area contributed by atoms with Gasteiger partial charge in [0.05, 0.1) is 32.1 Å². The first kappa shape index (κ1) is 22.8. The summed E-state index contributed by atoms with van der Waals surface area (Å²) in [6, 6.07) is 10.4. The normalized spacial score (nSPS) is 17.2. The summed E-state index contributed by atoms with van der Waals surface area (Å²) < 4.78 is 24.2. The Bertz CT molecular complexity index is 1060. The molecule has 2 aromatic carbocycles. The molecule has 2 aliphatic rings. The molecule has 4 rings (SSSR count). The SMILES string of the molecule is COc1cc(OC)cc(N2C(=O)C(c3ccc(F)cc3)=C(N3CCN(CCO)CC3)C2=O)c1. The van der Waals surface area contributed by atoms with Gasteiger partial charge in [-0.2, -0.15) is 0 Å². The fraction of sp³-hybridized carbons (Fsp3) is 0.333. The Morgan fingerprint density at radius 3 is 2.06 bits per heavy atom. The van der Waals surface area contributed by atoms with E-state index in [4.69, 9.17) is 9.47 Å². The number of rotatable bonds is 7. The van der Waals surface area contributed by atoms with Gasteiger partial charge in [-0.15, -0.1) is 0 Å². The molecule has 1 N–H and O–H groups in total. The number of methoxy groups -OCH3 is 2. The van der Waals surface area contributed by atoms with Crippen molar-refractivity contribution in [1.29, 1.82) is 0 Å². The van der Waals surface area contributed by atoms with E-state index in [-0.39, 0.29) is 17.9 Å². The lowest BCUT2D eigenvalue weighted by Crippen LogP contribution is -2.48. The Kier molecular flexibility index (Phi) is 6.62. The number of hydrogen-bond acceptors (Lipinski definition) is 7. The van der Waals surface area contributed by atoms with Crippen LogP contribution in [0, 0.1) is 5.82 Å². The highest BCUT2D eigenvalue weighted by atomic mass is 19.1. The number of aliphatic hydroxyl groups is 1. The number of imide groups is 1. The van der Waals surface area contributed by atoms with Crippen LogP contribution in [0.3, 0.4) is 0 Å². The highest BCUT2D eigenvalue weighted by Crippen LogP contribution is 2.38. The zero-order chi connectivity index (χ0) is 23.5. The third-order valence-corrected chi connectivity index (χ3v) is 5.89. The predicted molar refractivity (Wildman–Crippen MR) is 120 cm³/mol. The molecular weight excluding hydrogens is 429 g/mol. The Hall–Kier alpha value is -3.43. The van der Waals surface area contributed by atoms with Gasteiger partial charge in [0, 0.05) is 50.9 Å². The van der Waals surface area contributed by atoms with E-state index < -0.39 is 17.6 Å². The summed E-state index contributed by atoms with van der Waals surface area (Å²) in [5.41, 5.74) is 1.32. The van der Waals surface area contributed by atoms with Crippen molar-refractivity contribution in [2.75, 3.05) is 58.5 Å². The summed E-state index contributed by atoms with van der Waals surface area (Å²) in [5.74, 6) is -0.483. The number of piperazine rings is 1. The van der Waals surface area contributed by atoms with Crippen LogP contribution < -0.4 is 14.4 Å². The minimum atomic E-state index is -0.491. The summed E-state index contributed by atoms with van der Waals surface area (Å²) in [6.07, 6.45) is 0. The van der Waals surface area contributed by atoms with E-state index in [0.29, 0.717) is 55.5 Å². The zero-order valence-electron chi connectivity index (χ0n) is 18.6. The molecule has 174 valence electrons. The predicted octanol–water partition coefficient (Wildman–Crippen LogP) is 1.74. The third-order valence-electron chi connectivity index (χ3n) is 5.89. The maximum atomic E-state index is 13.7.